The summed E-state index contributed by atoms with van der Waals surface area (Å²) >= 11 is 6.78. The summed E-state index contributed by atoms with van der Waals surface area (Å²) in [4.78, 5) is 37.6. The fourth-order valence-electron chi connectivity index (χ4n) is 4.70. The number of hydrogen-bond donors (Lipinski definition) is 1. The minimum Gasteiger partial charge on any atom is -0.454 e. The van der Waals surface area contributed by atoms with Crippen LogP contribution in [0.4, 0.5) is 5.82 Å². The number of likely N-dealkylation sites (N-methyl/N-ethyl adjacent to an activating group) is 1. The van der Waals surface area contributed by atoms with Crippen molar-refractivity contribution in [2.24, 2.45) is 0 Å². The molecule has 0 radical (unpaired) electrons. The van der Waals surface area contributed by atoms with Gasteiger partial charge in [-0.3, -0.25) is 18.9 Å². The van der Waals surface area contributed by atoms with Crippen molar-refractivity contribution >= 4 is 51.7 Å². The number of anilines is 1. The van der Waals surface area contributed by atoms with Crippen LogP contribution in [-0.2, 0) is 11.3 Å². The first-order valence-electron chi connectivity index (χ1n) is 12.1. The molecule has 0 atom stereocenters. The number of hydrogen-bond acceptors (Lipinski definition) is 8. The van der Waals surface area contributed by atoms with Crippen molar-refractivity contribution in [1.82, 2.24) is 14.3 Å². The Hall–Kier alpha value is -3.41. The fourth-order valence-corrected chi connectivity index (χ4v) is 5.94. The molecule has 11 heteroatoms. The molecule has 1 aromatic carbocycles. The van der Waals surface area contributed by atoms with Gasteiger partial charge in [0.05, 0.1) is 50.2 Å². The number of aromatic nitrogens is 2. The molecule has 190 valence electrons. The van der Waals surface area contributed by atoms with Gasteiger partial charge in [0.2, 0.25) is 6.79 Å². The van der Waals surface area contributed by atoms with Gasteiger partial charge in [0.15, 0.2) is 11.5 Å². The number of amides is 1. The molecular weight excluding hydrogens is 510 g/mol. The number of rotatable bonds is 4. The van der Waals surface area contributed by atoms with E-state index in [4.69, 9.17) is 26.7 Å². The predicted molar refractivity (Wildman–Crippen MR) is 146 cm³/mol. The first-order chi connectivity index (χ1) is 17.9. The van der Waals surface area contributed by atoms with Crippen LogP contribution < -0.4 is 24.8 Å². The summed E-state index contributed by atoms with van der Waals surface area (Å²) in [5, 5.41) is 0. The molecule has 2 saturated heterocycles. The lowest BCUT2D eigenvalue weighted by Gasteiger charge is -2.31. The SMILES string of the molecule is Cc1ccc2nc(N3CC[NH+](C)CC3)c(C=C3SC(=S)N(Cc4ccc5c(c4)OCO5)C3=O)c(=O)n2c1. The molecule has 0 aliphatic carbocycles. The number of carbonyl (C=O) groups excluding carboxylic acids is 1. The number of aryl methyl sites for hydroxylation is 1. The summed E-state index contributed by atoms with van der Waals surface area (Å²) in [7, 11) is 2.16. The second-order valence-electron chi connectivity index (χ2n) is 9.49. The van der Waals surface area contributed by atoms with Crippen molar-refractivity contribution in [3.8, 4) is 11.5 Å². The van der Waals surface area contributed by atoms with Gasteiger partial charge < -0.3 is 19.3 Å². The van der Waals surface area contributed by atoms with Crippen LogP contribution in [0.5, 0.6) is 11.5 Å². The Morgan fingerprint density at radius 2 is 1.92 bits per heavy atom. The number of carbonyl (C=O) groups is 1. The number of thiocarbonyl (C=S) groups is 1. The van der Waals surface area contributed by atoms with E-state index in [0.29, 0.717) is 44.3 Å². The molecule has 37 heavy (non-hydrogen) atoms. The Kier molecular flexibility index (Phi) is 6.13. The molecule has 3 aliphatic heterocycles. The molecule has 3 aromatic rings. The maximum absolute atomic E-state index is 13.7. The Morgan fingerprint density at radius 1 is 1.14 bits per heavy atom. The Bertz CT molecular complexity index is 1530. The standard InChI is InChI=1S/C26H25N5O4S2/c1-16-3-6-22-27-23(29-9-7-28(2)8-10-29)18(24(32)30(22)13-16)12-21-25(33)31(26(36)37-21)14-17-4-5-19-20(11-17)35-15-34-19/h3-6,11-13H,7-10,14-15H2,1-2H3/p+1. The van der Waals surface area contributed by atoms with Gasteiger partial charge >= 0.3 is 0 Å². The summed E-state index contributed by atoms with van der Waals surface area (Å²) in [6.45, 7) is 5.90. The zero-order valence-corrected chi connectivity index (χ0v) is 22.2. The normalized spacial score (nSPS) is 19.0. The highest BCUT2D eigenvalue weighted by Crippen LogP contribution is 2.37. The van der Waals surface area contributed by atoms with E-state index < -0.39 is 0 Å². The highest BCUT2D eigenvalue weighted by atomic mass is 32.2. The highest BCUT2D eigenvalue weighted by Gasteiger charge is 2.33. The average molecular weight is 537 g/mol. The van der Waals surface area contributed by atoms with E-state index in [0.717, 1.165) is 37.3 Å². The maximum Gasteiger partial charge on any atom is 0.267 e. The van der Waals surface area contributed by atoms with E-state index in [1.165, 1.54) is 16.7 Å². The molecule has 0 saturated carbocycles. The van der Waals surface area contributed by atoms with Crippen molar-refractivity contribution in [3.63, 3.8) is 0 Å². The molecule has 0 bridgehead atoms. The number of piperazine rings is 1. The Morgan fingerprint density at radius 3 is 2.73 bits per heavy atom. The third-order valence-corrected chi connectivity index (χ3v) is 8.21. The van der Waals surface area contributed by atoms with Crippen molar-refractivity contribution < 1.29 is 19.2 Å². The average Bonchev–Trinajstić information content (AvgIpc) is 3.46. The molecule has 9 nitrogen and oxygen atoms in total. The molecule has 6 rings (SSSR count). The smallest absolute Gasteiger partial charge is 0.267 e. The van der Waals surface area contributed by atoms with Gasteiger partial charge in [-0.1, -0.05) is 36.1 Å². The van der Waals surface area contributed by atoms with E-state index in [2.05, 4.69) is 11.9 Å². The zero-order chi connectivity index (χ0) is 25.7. The molecule has 1 amide bonds. The van der Waals surface area contributed by atoms with Crippen molar-refractivity contribution in [3.05, 3.63) is 68.5 Å². The monoisotopic (exact) mass is 536 g/mol. The largest absolute Gasteiger partial charge is 0.454 e. The van der Waals surface area contributed by atoms with E-state index in [9.17, 15) is 9.59 Å². The number of benzene rings is 1. The topological polar surface area (TPSA) is 80.8 Å². The van der Waals surface area contributed by atoms with Crippen molar-refractivity contribution in [2.45, 2.75) is 13.5 Å². The molecular formula is C26H26N5O4S2+. The summed E-state index contributed by atoms with van der Waals surface area (Å²) < 4.78 is 12.8. The lowest BCUT2D eigenvalue weighted by Crippen LogP contribution is -3.12. The van der Waals surface area contributed by atoms with Crippen LogP contribution in [-0.4, -0.2) is 64.5 Å². The Labute approximate surface area is 223 Å². The van der Waals surface area contributed by atoms with E-state index in [1.807, 2.05) is 37.3 Å². The van der Waals surface area contributed by atoms with Crippen LogP contribution in [0.2, 0.25) is 0 Å². The summed E-state index contributed by atoms with van der Waals surface area (Å²) in [6.07, 6.45) is 3.45. The maximum atomic E-state index is 13.7. The molecule has 2 fully saturated rings. The molecule has 2 aromatic heterocycles. The number of nitrogens with one attached hydrogen (secondary N) is 1. The quantitative estimate of drug-likeness (QED) is 0.397. The van der Waals surface area contributed by atoms with E-state index in [1.54, 1.807) is 21.6 Å². The van der Waals surface area contributed by atoms with Crippen LogP contribution in [0, 0.1) is 6.92 Å². The molecule has 3 aliphatic rings. The third-order valence-electron chi connectivity index (χ3n) is 6.83. The minimum absolute atomic E-state index is 0.189. The number of quaternary nitrogens is 1. The highest BCUT2D eigenvalue weighted by molar-refractivity contribution is 8.26. The molecule has 1 N–H and O–H groups in total. The van der Waals surface area contributed by atoms with Gasteiger partial charge in [-0.25, -0.2) is 4.98 Å². The van der Waals surface area contributed by atoms with Gasteiger partial charge in [-0.05, 0) is 42.3 Å². The Balaban J connectivity index is 1.37. The second kappa shape index (κ2) is 9.47. The fraction of sp³-hybridized carbons (Fsp3) is 0.308. The van der Waals surface area contributed by atoms with E-state index in [-0.39, 0.29) is 18.3 Å². The number of fused-ring (bicyclic) bond motifs is 2. The van der Waals surface area contributed by atoms with Gasteiger partial charge in [0.25, 0.3) is 11.5 Å². The summed E-state index contributed by atoms with van der Waals surface area (Å²) in [6, 6.07) is 9.39. The first kappa shape index (κ1) is 24.0. The zero-order valence-electron chi connectivity index (χ0n) is 20.5. The predicted octanol–water partition coefficient (Wildman–Crippen LogP) is 1.47. The summed E-state index contributed by atoms with van der Waals surface area (Å²) in [5.74, 6) is 1.73. The lowest BCUT2D eigenvalue weighted by molar-refractivity contribution is -0.880. The third kappa shape index (κ3) is 4.47. The van der Waals surface area contributed by atoms with E-state index >= 15 is 0 Å². The molecule has 5 heterocycles. The van der Waals surface area contributed by atoms with Crippen LogP contribution in [0.1, 0.15) is 16.7 Å². The minimum atomic E-state index is -0.227. The van der Waals surface area contributed by atoms with Gasteiger partial charge in [-0.15, -0.1) is 0 Å². The number of pyridine rings is 1. The summed E-state index contributed by atoms with van der Waals surface area (Å²) in [5.41, 5.74) is 2.63. The van der Waals surface area contributed by atoms with Crippen molar-refractivity contribution in [1.29, 1.82) is 0 Å². The van der Waals surface area contributed by atoms with Crippen molar-refractivity contribution in [2.75, 3.05) is 44.9 Å². The number of thioether (sulfide) groups is 1. The first-order valence-corrected chi connectivity index (χ1v) is 13.3. The van der Waals surface area contributed by atoms with Gasteiger partial charge in [0, 0.05) is 6.20 Å². The number of ether oxygens (including phenoxy) is 2. The van der Waals surface area contributed by atoms with Crippen LogP contribution in [0.25, 0.3) is 11.7 Å². The van der Waals surface area contributed by atoms with Gasteiger partial charge in [-0.2, -0.15) is 0 Å². The molecule has 0 unspecified atom stereocenters. The van der Waals surface area contributed by atoms with Crippen LogP contribution in [0.3, 0.4) is 0 Å². The second-order valence-corrected chi connectivity index (χ2v) is 11.2. The van der Waals surface area contributed by atoms with Crippen LogP contribution >= 0.6 is 24.0 Å². The van der Waals surface area contributed by atoms with Crippen LogP contribution in [0.15, 0.2) is 46.2 Å². The lowest BCUT2D eigenvalue weighted by atomic mass is 10.2. The molecule has 0 spiro atoms. The van der Waals surface area contributed by atoms with Gasteiger partial charge in [0.1, 0.15) is 15.8 Å². The number of nitrogens with zero attached hydrogens (tertiary/aromatic N) is 4.